The van der Waals surface area contributed by atoms with Crippen molar-refractivity contribution in [3.8, 4) is 11.1 Å². The zero-order valence-electron chi connectivity index (χ0n) is 17.2. The van der Waals surface area contributed by atoms with Crippen molar-refractivity contribution in [2.45, 2.75) is 44.3 Å². The van der Waals surface area contributed by atoms with Gasteiger partial charge >= 0.3 is 0 Å². The topological polar surface area (TPSA) is 79.7 Å². The van der Waals surface area contributed by atoms with Crippen LogP contribution in [-0.4, -0.2) is 47.6 Å². The van der Waals surface area contributed by atoms with E-state index in [1.165, 1.54) is 0 Å². The molecule has 7 heteroatoms. The summed E-state index contributed by atoms with van der Waals surface area (Å²) in [5.74, 6) is 0.714. The molecule has 2 aliphatic rings. The summed E-state index contributed by atoms with van der Waals surface area (Å²) < 4.78 is 2.25. The maximum absolute atomic E-state index is 13.1. The number of rotatable bonds is 5. The Morgan fingerprint density at radius 1 is 1.16 bits per heavy atom. The van der Waals surface area contributed by atoms with Gasteiger partial charge < -0.3 is 9.47 Å². The van der Waals surface area contributed by atoms with Crippen molar-refractivity contribution in [3.63, 3.8) is 0 Å². The molecule has 0 aliphatic carbocycles. The SMILES string of the molecule is O=C(Cc1cccnc1)N1C2CCC1C(Cn1cnc3cc(-c4cn[nH]c4)ccc31)C2. The van der Waals surface area contributed by atoms with Gasteiger partial charge in [0.25, 0.3) is 0 Å². The highest BCUT2D eigenvalue weighted by Gasteiger charge is 2.48. The Labute approximate surface area is 180 Å². The molecule has 1 amide bonds. The van der Waals surface area contributed by atoms with Crippen molar-refractivity contribution < 1.29 is 4.79 Å². The Bertz CT molecular complexity index is 1220. The molecule has 31 heavy (non-hydrogen) atoms. The molecule has 0 radical (unpaired) electrons. The van der Waals surface area contributed by atoms with Gasteiger partial charge in [0.05, 0.1) is 30.0 Å². The first-order valence-corrected chi connectivity index (χ1v) is 10.9. The van der Waals surface area contributed by atoms with Crippen molar-refractivity contribution in [1.29, 1.82) is 0 Å². The molecule has 3 aromatic heterocycles. The Morgan fingerprint density at radius 2 is 2.13 bits per heavy atom. The third kappa shape index (κ3) is 3.21. The number of carbonyl (C=O) groups excluding carboxylic acids is 1. The molecule has 4 aromatic rings. The van der Waals surface area contributed by atoms with E-state index in [0.29, 0.717) is 24.4 Å². The number of hydrogen-bond donors (Lipinski definition) is 1. The van der Waals surface area contributed by atoms with Gasteiger partial charge in [-0.1, -0.05) is 12.1 Å². The number of benzene rings is 1. The van der Waals surface area contributed by atoms with Crippen LogP contribution in [0.15, 0.2) is 61.4 Å². The van der Waals surface area contributed by atoms with Crippen LogP contribution in [0.25, 0.3) is 22.2 Å². The summed E-state index contributed by atoms with van der Waals surface area (Å²) in [6.45, 7) is 0.902. The van der Waals surface area contributed by atoms with Crippen LogP contribution in [0.3, 0.4) is 0 Å². The van der Waals surface area contributed by atoms with Crippen LogP contribution in [0.2, 0.25) is 0 Å². The molecule has 5 heterocycles. The number of aromatic amines is 1. The summed E-state index contributed by atoms with van der Waals surface area (Å²) >= 11 is 0. The summed E-state index contributed by atoms with van der Waals surface area (Å²) in [6.07, 6.45) is 12.9. The predicted molar refractivity (Wildman–Crippen MR) is 117 cm³/mol. The number of pyridine rings is 1. The molecule has 1 N–H and O–H groups in total. The molecule has 7 nitrogen and oxygen atoms in total. The number of amides is 1. The number of nitrogens with one attached hydrogen (secondary N) is 1. The minimum absolute atomic E-state index is 0.239. The molecule has 2 aliphatic heterocycles. The number of H-pyrrole nitrogens is 1. The minimum Gasteiger partial charge on any atom is -0.336 e. The predicted octanol–water partition coefficient (Wildman–Crippen LogP) is 3.44. The van der Waals surface area contributed by atoms with Gasteiger partial charge in [0.1, 0.15) is 0 Å². The second kappa shape index (κ2) is 7.34. The second-order valence-corrected chi connectivity index (χ2v) is 8.72. The Balaban J connectivity index is 1.20. The molecule has 0 saturated carbocycles. The summed E-state index contributed by atoms with van der Waals surface area (Å²) in [6, 6.07) is 11.0. The molecule has 3 atom stereocenters. The molecule has 2 bridgehead atoms. The molecule has 0 spiro atoms. The van der Waals surface area contributed by atoms with Crippen LogP contribution < -0.4 is 0 Å². The van der Waals surface area contributed by atoms with Gasteiger partial charge in [0, 0.05) is 42.8 Å². The van der Waals surface area contributed by atoms with Gasteiger partial charge in [-0.15, -0.1) is 0 Å². The first kappa shape index (κ1) is 18.3. The van der Waals surface area contributed by atoms with Gasteiger partial charge in [-0.05, 0) is 54.5 Å². The maximum Gasteiger partial charge on any atom is 0.227 e. The van der Waals surface area contributed by atoms with E-state index >= 15 is 0 Å². The standard InChI is InChI=1S/C24H24N6O/c31-24(8-16-2-1-7-25-11-16)30-20-4-6-22(30)18(9-20)14-29-15-26-21-10-17(3-5-23(21)29)19-12-27-28-13-19/h1-3,5,7,10-13,15,18,20,22H,4,6,8-9,14H2,(H,27,28). The molecular formula is C24H24N6O. The molecule has 6 rings (SSSR count). The van der Waals surface area contributed by atoms with Gasteiger partial charge in [0.15, 0.2) is 0 Å². The molecular weight excluding hydrogens is 388 g/mol. The normalized spacial score (nSPS) is 22.5. The van der Waals surface area contributed by atoms with Crippen molar-refractivity contribution >= 4 is 16.9 Å². The van der Waals surface area contributed by atoms with Crippen molar-refractivity contribution in [1.82, 2.24) is 29.6 Å². The first-order chi connectivity index (χ1) is 15.3. The molecule has 2 saturated heterocycles. The van der Waals surface area contributed by atoms with Crippen molar-refractivity contribution in [2.75, 3.05) is 0 Å². The van der Waals surface area contributed by atoms with E-state index in [-0.39, 0.29) is 5.91 Å². The van der Waals surface area contributed by atoms with Crippen LogP contribution in [0.5, 0.6) is 0 Å². The van der Waals surface area contributed by atoms with Gasteiger partial charge in [-0.3, -0.25) is 14.9 Å². The van der Waals surface area contributed by atoms with Crippen LogP contribution in [-0.2, 0) is 17.8 Å². The highest BCUT2D eigenvalue weighted by Crippen LogP contribution is 2.43. The van der Waals surface area contributed by atoms with E-state index in [9.17, 15) is 4.79 Å². The van der Waals surface area contributed by atoms with Crippen LogP contribution >= 0.6 is 0 Å². The lowest BCUT2D eigenvalue weighted by Crippen LogP contribution is -2.38. The number of carbonyl (C=O) groups is 1. The summed E-state index contributed by atoms with van der Waals surface area (Å²) in [5.41, 5.74) is 5.30. The monoisotopic (exact) mass is 412 g/mol. The Kier molecular flexibility index (Phi) is 4.33. The van der Waals surface area contributed by atoms with Crippen molar-refractivity contribution in [3.05, 3.63) is 67.0 Å². The van der Waals surface area contributed by atoms with Crippen molar-refractivity contribution in [2.24, 2.45) is 5.92 Å². The quantitative estimate of drug-likeness (QED) is 0.545. The van der Waals surface area contributed by atoms with E-state index in [4.69, 9.17) is 0 Å². The second-order valence-electron chi connectivity index (χ2n) is 8.72. The minimum atomic E-state index is 0.239. The average molecular weight is 412 g/mol. The van der Waals surface area contributed by atoms with Gasteiger partial charge in [-0.25, -0.2) is 4.98 Å². The third-order valence-corrected chi connectivity index (χ3v) is 6.92. The Morgan fingerprint density at radius 3 is 2.97 bits per heavy atom. The third-order valence-electron chi connectivity index (χ3n) is 6.92. The average Bonchev–Trinajstić information content (AvgIpc) is 3.58. The van der Waals surface area contributed by atoms with Gasteiger partial charge in [0.2, 0.25) is 5.91 Å². The number of imidazole rings is 1. The molecule has 1 aromatic carbocycles. The summed E-state index contributed by atoms with van der Waals surface area (Å²) in [5, 5.41) is 6.90. The summed E-state index contributed by atoms with van der Waals surface area (Å²) in [7, 11) is 0. The van der Waals surface area contributed by atoms with E-state index in [2.05, 4.69) is 47.8 Å². The smallest absolute Gasteiger partial charge is 0.227 e. The zero-order chi connectivity index (χ0) is 20.8. The van der Waals surface area contributed by atoms with Gasteiger partial charge in [-0.2, -0.15) is 5.10 Å². The van der Waals surface area contributed by atoms with Crippen LogP contribution in [0, 0.1) is 5.92 Å². The highest BCUT2D eigenvalue weighted by atomic mass is 16.2. The maximum atomic E-state index is 13.1. The number of aromatic nitrogens is 5. The fraction of sp³-hybridized carbons (Fsp3) is 0.333. The Hall–Kier alpha value is -3.48. The lowest BCUT2D eigenvalue weighted by molar-refractivity contribution is -0.131. The summed E-state index contributed by atoms with van der Waals surface area (Å²) in [4.78, 5) is 24.0. The number of hydrogen-bond acceptors (Lipinski definition) is 4. The molecule has 156 valence electrons. The van der Waals surface area contributed by atoms with E-state index in [1.807, 2.05) is 30.9 Å². The first-order valence-electron chi connectivity index (χ1n) is 10.9. The lowest BCUT2D eigenvalue weighted by Gasteiger charge is -2.25. The molecule has 2 fully saturated rings. The number of nitrogens with zero attached hydrogens (tertiary/aromatic N) is 5. The van der Waals surface area contributed by atoms with E-state index in [1.54, 1.807) is 12.4 Å². The largest absolute Gasteiger partial charge is 0.336 e. The molecule has 3 unspecified atom stereocenters. The highest BCUT2D eigenvalue weighted by molar-refractivity contribution is 5.82. The van der Waals surface area contributed by atoms with Crippen LogP contribution in [0.4, 0.5) is 0 Å². The lowest BCUT2D eigenvalue weighted by atomic mass is 9.89. The van der Waals surface area contributed by atoms with Crippen LogP contribution in [0.1, 0.15) is 24.8 Å². The van der Waals surface area contributed by atoms with E-state index in [0.717, 1.165) is 53.5 Å². The van der Waals surface area contributed by atoms with E-state index < -0.39 is 0 Å². The zero-order valence-corrected chi connectivity index (χ0v) is 17.2. The fourth-order valence-corrected chi connectivity index (χ4v) is 5.52. The number of fused-ring (bicyclic) bond motifs is 3. The fourth-order valence-electron chi connectivity index (χ4n) is 5.52.